The Labute approximate surface area is 93.1 Å². The lowest BCUT2D eigenvalue weighted by Crippen LogP contribution is -1.88. The predicted molar refractivity (Wildman–Crippen MR) is 65.0 cm³/mol. The molecule has 1 heterocycles. The number of aromatic nitrogens is 2. The average Bonchev–Trinajstić information content (AvgIpc) is 2.65. The van der Waals surface area contributed by atoms with Crippen LogP contribution in [0, 0.1) is 6.92 Å². The maximum atomic E-state index is 5.78. The number of rotatable bonds is 2. The minimum absolute atomic E-state index is 0.617. The Hall–Kier alpha value is -1.42. The molecule has 0 bridgehead atoms. The molecule has 1 aromatic carbocycles. The van der Waals surface area contributed by atoms with Crippen LogP contribution in [0.5, 0.6) is 0 Å². The lowest BCUT2D eigenvalue weighted by molar-refractivity contribution is 1.10. The molecular formula is C11H13N3S. The molecule has 78 valence electrons. The van der Waals surface area contributed by atoms with E-state index < -0.39 is 0 Å². The molecule has 15 heavy (non-hydrogen) atoms. The fraction of sp³-hybridized carbons (Fsp3) is 0.182. The van der Waals surface area contributed by atoms with Crippen molar-refractivity contribution in [3.63, 3.8) is 0 Å². The van der Waals surface area contributed by atoms with Gasteiger partial charge in [0.15, 0.2) is 0 Å². The van der Waals surface area contributed by atoms with Gasteiger partial charge < -0.3 is 5.73 Å². The summed E-state index contributed by atoms with van der Waals surface area (Å²) >= 11 is 1.74. The number of anilines is 1. The number of nitrogen functional groups attached to an aromatic ring is 1. The van der Waals surface area contributed by atoms with E-state index in [1.165, 1.54) is 10.5 Å². The smallest absolute Gasteiger partial charge is 0.126 e. The highest BCUT2D eigenvalue weighted by Crippen LogP contribution is 2.29. The molecule has 0 aliphatic carbocycles. The van der Waals surface area contributed by atoms with Crippen LogP contribution in [-0.2, 0) is 0 Å². The number of nitrogens with zero attached hydrogens (tertiary/aromatic N) is 1. The number of nitrogens with two attached hydrogens (primary N) is 1. The number of aryl methyl sites for hydroxylation is 1. The number of benzene rings is 1. The van der Waals surface area contributed by atoms with Crippen LogP contribution in [0.4, 0.5) is 5.82 Å². The third-order valence-corrected chi connectivity index (χ3v) is 3.27. The molecule has 0 amide bonds. The van der Waals surface area contributed by atoms with E-state index >= 15 is 0 Å². The summed E-state index contributed by atoms with van der Waals surface area (Å²) < 4.78 is 0. The standard InChI is InChI=1S/C11H13N3S/c1-7-3-4-8(5-10(7)15-2)9-6-13-14-11(9)12/h3-6H,1-2H3,(H3,12,13,14). The van der Waals surface area contributed by atoms with E-state index in [-0.39, 0.29) is 0 Å². The predicted octanol–water partition coefficient (Wildman–Crippen LogP) is 2.69. The summed E-state index contributed by atoms with van der Waals surface area (Å²) in [6.45, 7) is 2.11. The van der Waals surface area contributed by atoms with E-state index in [9.17, 15) is 0 Å². The zero-order chi connectivity index (χ0) is 10.8. The van der Waals surface area contributed by atoms with Gasteiger partial charge in [-0.1, -0.05) is 12.1 Å². The third kappa shape index (κ3) is 1.85. The molecule has 0 atom stereocenters. The van der Waals surface area contributed by atoms with Gasteiger partial charge in [-0.05, 0) is 30.4 Å². The van der Waals surface area contributed by atoms with Gasteiger partial charge in [-0.25, -0.2) is 0 Å². The van der Waals surface area contributed by atoms with Crippen molar-refractivity contribution in [3.05, 3.63) is 30.0 Å². The Kier molecular flexibility index (Phi) is 2.68. The fourth-order valence-corrected chi connectivity index (χ4v) is 2.15. The molecule has 1 aromatic heterocycles. The molecule has 4 heteroatoms. The maximum absolute atomic E-state index is 5.78. The van der Waals surface area contributed by atoms with Gasteiger partial charge in [0.25, 0.3) is 0 Å². The number of hydrogen-bond donors (Lipinski definition) is 2. The van der Waals surface area contributed by atoms with Gasteiger partial charge in [0.05, 0.1) is 6.20 Å². The van der Waals surface area contributed by atoms with Gasteiger partial charge in [-0.3, -0.25) is 5.10 Å². The summed E-state index contributed by atoms with van der Waals surface area (Å²) in [6.07, 6.45) is 3.83. The highest BCUT2D eigenvalue weighted by Gasteiger charge is 2.06. The highest BCUT2D eigenvalue weighted by molar-refractivity contribution is 7.98. The number of thioether (sulfide) groups is 1. The quantitative estimate of drug-likeness (QED) is 0.763. The van der Waals surface area contributed by atoms with Crippen LogP contribution in [0.2, 0.25) is 0 Å². The first-order valence-corrected chi connectivity index (χ1v) is 5.88. The number of hydrogen-bond acceptors (Lipinski definition) is 3. The lowest BCUT2D eigenvalue weighted by atomic mass is 10.1. The van der Waals surface area contributed by atoms with E-state index in [1.807, 2.05) is 0 Å². The monoisotopic (exact) mass is 219 g/mol. The van der Waals surface area contributed by atoms with E-state index in [0.717, 1.165) is 11.1 Å². The second-order valence-corrected chi connectivity index (χ2v) is 4.23. The van der Waals surface area contributed by atoms with Gasteiger partial charge in [0.1, 0.15) is 5.82 Å². The van der Waals surface area contributed by atoms with E-state index in [4.69, 9.17) is 5.73 Å². The van der Waals surface area contributed by atoms with Gasteiger partial charge in [0.2, 0.25) is 0 Å². The summed E-state index contributed by atoms with van der Waals surface area (Å²) in [4.78, 5) is 1.27. The minimum atomic E-state index is 0.617. The van der Waals surface area contributed by atoms with Gasteiger partial charge in [0, 0.05) is 10.5 Å². The topological polar surface area (TPSA) is 54.7 Å². The summed E-state index contributed by atoms with van der Waals surface area (Å²) in [7, 11) is 0. The van der Waals surface area contributed by atoms with E-state index in [2.05, 4.69) is 41.6 Å². The Morgan fingerprint density at radius 1 is 1.40 bits per heavy atom. The van der Waals surface area contributed by atoms with Crippen molar-refractivity contribution in [2.45, 2.75) is 11.8 Å². The van der Waals surface area contributed by atoms with Crippen molar-refractivity contribution >= 4 is 17.6 Å². The molecule has 0 radical (unpaired) electrons. The molecule has 0 aliphatic rings. The number of aromatic amines is 1. The van der Waals surface area contributed by atoms with Crippen molar-refractivity contribution in [1.29, 1.82) is 0 Å². The molecule has 0 saturated carbocycles. The average molecular weight is 219 g/mol. The van der Waals surface area contributed by atoms with Crippen LogP contribution in [0.25, 0.3) is 11.1 Å². The molecule has 0 fully saturated rings. The Morgan fingerprint density at radius 3 is 2.80 bits per heavy atom. The normalized spacial score (nSPS) is 10.5. The Balaban J connectivity index is 2.51. The molecule has 2 aromatic rings. The van der Waals surface area contributed by atoms with Crippen LogP contribution in [0.1, 0.15) is 5.56 Å². The van der Waals surface area contributed by atoms with Crippen LogP contribution < -0.4 is 5.73 Å². The van der Waals surface area contributed by atoms with Crippen LogP contribution in [0.15, 0.2) is 29.3 Å². The minimum Gasteiger partial charge on any atom is -0.384 e. The van der Waals surface area contributed by atoms with Crippen molar-refractivity contribution in [3.8, 4) is 11.1 Å². The summed E-state index contributed by atoms with van der Waals surface area (Å²) in [5, 5.41) is 6.66. The van der Waals surface area contributed by atoms with Crippen LogP contribution in [0.3, 0.4) is 0 Å². The van der Waals surface area contributed by atoms with Crippen molar-refractivity contribution in [1.82, 2.24) is 10.2 Å². The molecule has 0 saturated heterocycles. The van der Waals surface area contributed by atoms with Crippen molar-refractivity contribution in [2.24, 2.45) is 0 Å². The fourth-order valence-electron chi connectivity index (χ4n) is 1.51. The van der Waals surface area contributed by atoms with Gasteiger partial charge in [-0.2, -0.15) is 5.10 Å². The van der Waals surface area contributed by atoms with Gasteiger partial charge in [-0.15, -0.1) is 11.8 Å². The van der Waals surface area contributed by atoms with Crippen molar-refractivity contribution in [2.75, 3.05) is 12.0 Å². The van der Waals surface area contributed by atoms with E-state index in [0.29, 0.717) is 5.82 Å². The molecule has 0 spiro atoms. The van der Waals surface area contributed by atoms with E-state index in [1.54, 1.807) is 18.0 Å². The Morgan fingerprint density at radius 2 is 2.20 bits per heavy atom. The molecular weight excluding hydrogens is 206 g/mol. The zero-order valence-corrected chi connectivity index (χ0v) is 9.56. The maximum Gasteiger partial charge on any atom is 0.126 e. The first kappa shape index (κ1) is 10.1. The van der Waals surface area contributed by atoms with Crippen molar-refractivity contribution < 1.29 is 0 Å². The van der Waals surface area contributed by atoms with Gasteiger partial charge >= 0.3 is 0 Å². The SMILES string of the molecule is CSc1cc(-c2cn[nH]c2N)ccc1C. The lowest BCUT2D eigenvalue weighted by Gasteiger charge is -2.05. The second-order valence-electron chi connectivity index (χ2n) is 3.38. The Bertz CT molecular complexity index is 476. The summed E-state index contributed by atoms with van der Waals surface area (Å²) in [5.74, 6) is 0.617. The highest BCUT2D eigenvalue weighted by atomic mass is 32.2. The summed E-state index contributed by atoms with van der Waals surface area (Å²) in [6, 6.07) is 6.31. The number of H-pyrrole nitrogens is 1. The third-order valence-electron chi connectivity index (χ3n) is 2.39. The van der Waals surface area contributed by atoms with Crippen LogP contribution in [-0.4, -0.2) is 16.5 Å². The molecule has 3 N–H and O–H groups in total. The molecule has 0 aliphatic heterocycles. The molecule has 0 unspecified atom stereocenters. The zero-order valence-electron chi connectivity index (χ0n) is 8.74. The first-order valence-electron chi connectivity index (χ1n) is 4.66. The summed E-state index contributed by atoms with van der Waals surface area (Å²) in [5.41, 5.74) is 9.13. The largest absolute Gasteiger partial charge is 0.384 e. The number of nitrogens with one attached hydrogen (secondary N) is 1. The molecule has 3 nitrogen and oxygen atoms in total. The second kappa shape index (κ2) is 3.98. The first-order chi connectivity index (χ1) is 7.22. The van der Waals surface area contributed by atoms with Crippen LogP contribution >= 0.6 is 11.8 Å². The molecule has 2 rings (SSSR count).